The van der Waals surface area contributed by atoms with Crippen molar-refractivity contribution in [1.82, 2.24) is 4.98 Å². The number of carbonyl (C=O) groups excluding carboxylic acids is 1. The molecule has 0 radical (unpaired) electrons. The zero-order valence-corrected chi connectivity index (χ0v) is 12.4. The van der Waals surface area contributed by atoms with Crippen LogP contribution < -0.4 is 0 Å². The number of pyridine rings is 1. The van der Waals surface area contributed by atoms with Gasteiger partial charge < -0.3 is 4.74 Å². The number of nitrogens with zero attached hydrogens (tertiary/aromatic N) is 1. The second-order valence-electron chi connectivity index (χ2n) is 3.80. The van der Waals surface area contributed by atoms with E-state index in [2.05, 4.69) is 9.72 Å². The van der Waals surface area contributed by atoms with Crippen molar-refractivity contribution in [3.05, 3.63) is 50.8 Å². The molecular weight excluding hydrogens is 328 g/mol. The Balaban J connectivity index is 2.61. The molecule has 0 N–H and O–H groups in total. The van der Waals surface area contributed by atoms with Crippen LogP contribution in [0.1, 0.15) is 10.4 Å². The summed E-state index contributed by atoms with van der Waals surface area (Å²) in [6, 6.07) is 5.14. The maximum atomic E-state index is 13.5. The molecule has 104 valence electrons. The van der Waals surface area contributed by atoms with Crippen molar-refractivity contribution >= 4 is 40.8 Å². The summed E-state index contributed by atoms with van der Waals surface area (Å²) in [5.74, 6) is -1.23. The van der Waals surface area contributed by atoms with Crippen LogP contribution in [0.4, 0.5) is 4.39 Å². The Labute approximate surface area is 129 Å². The van der Waals surface area contributed by atoms with Gasteiger partial charge in [0.15, 0.2) is 0 Å². The fraction of sp³-hybridized carbons (Fsp3) is 0.0769. The van der Waals surface area contributed by atoms with Crippen LogP contribution in [0.5, 0.6) is 0 Å². The van der Waals surface area contributed by atoms with Gasteiger partial charge in [0, 0.05) is 5.56 Å². The molecule has 3 nitrogen and oxygen atoms in total. The molecule has 0 unspecified atom stereocenters. The molecule has 20 heavy (non-hydrogen) atoms. The minimum Gasteiger partial charge on any atom is -0.465 e. The number of carbonyl (C=O) groups is 1. The number of esters is 1. The fourth-order valence-electron chi connectivity index (χ4n) is 1.59. The Kier molecular flexibility index (Phi) is 4.48. The molecule has 0 fully saturated rings. The lowest BCUT2D eigenvalue weighted by molar-refractivity contribution is 0.0600. The molecule has 0 bridgehead atoms. The first-order valence-electron chi connectivity index (χ1n) is 5.33. The number of halogens is 4. The zero-order valence-electron chi connectivity index (χ0n) is 10.1. The van der Waals surface area contributed by atoms with Crippen LogP contribution in [-0.4, -0.2) is 18.1 Å². The molecule has 0 aliphatic carbocycles. The normalized spacial score (nSPS) is 10.4. The quantitative estimate of drug-likeness (QED) is 0.456. The third kappa shape index (κ3) is 3.03. The first-order valence-corrected chi connectivity index (χ1v) is 6.46. The van der Waals surface area contributed by atoms with Crippen molar-refractivity contribution in [2.24, 2.45) is 0 Å². The third-order valence-electron chi connectivity index (χ3n) is 2.50. The highest BCUT2D eigenvalue weighted by Crippen LogP contribution is 2.32. The highest BCUT2D eigenvalue weighted by Gasteiger charge is 2.14. The van der Waals surface area contributed by atoms with E-state index in [1.54, 1.807) is 0 Å². The second kappa shape index (κ2) is 5.95. The monoisotopic (exact) mass is 333 g/mol. The van der Waals surface area contributed by atoms with Gasteiger partial charge in [-0.05, 0) is 24.3 Å². The first-order chi connectivity index (χ1) is 9.42. The van der Waals surface area contributed by atoms with Gasteiger partial charge in [-0.15, -0.1) is 0 Å². The van der Waals surface area contributed by atoms with E-state index in [0.717, 1.165) is 6.07 Å². The Hall–Kier alpha value is -1.36. The largest absolute Gasteiger partial charge is 0.465 e. The van der Waals surface area contributed by atoms with Crippen molar-refractivity contribution in [1.29, 1.82) is 0 Å². The van der Waals surface area contributed by atoms with Crippen LogP contribution in [-0.2, 0) is 4.74 Å². The van der Waals surface area contributed by atoms with Gasteiger partial charge in [0.25, 0.3) is 0 Å². The molecule has 0 aliphatic rings. The molecule has 0 atom stereocenters. The lowest BCUT2D eigenvalue weighted by Gasteiger charge is -2.08. The third-order valence-corrected chi connectivity index (χ3v) is 3.30. The van der Waals surface area contributed by atoms with Crippen LogP contribution in [0.2, 0.25) is 15.2 Å². The summed E-state index contributed by atoms with van der Waals surface area (Å²) in [6.45, 7) is 0. The predicted molar refractivity (Wildman–Crippen MR) is 76.0 cm³/mol. The van der Waals surface area contributed by atoms with E-state index in [1.165, 1.54) is 25.3 Å². The van der Waals surface area contributed by atoms with E-state index in [4.69, 9.17) is 34.8 Å². The van der Waals surface area contributed by atoms with E-state index < -0.39 is 11.8 Å². The lowest BCUT2D eigenvalue weighted by Crippen LogP contribution is -2.02. The molecule has 0 saturated carbocycles. The number of methoxy groups -OCH3 is 1. The smallest absolute Gasteiger partial charge is 0.338 e. The Morgan fingerprint density at radius 2 is 1.85 bits per heavy atom. The van der Waals surface area contributed by atoms with Crippen LogP contribution in [0.25, 0.3) is 11.3 Å². The number of aromatic nitrogens is 1. The maximum Gasteiger partial charge on any atom is 0.338 e. The van der Waals surface area contributed by atoms with Gasteiger partial charge in [0.05, 0.1) is 28.4 Å². The van der Waals surface area contributed by atoms with Crippen LogP contribution in [0, 0.1) is 5.82 Å². The molecular formula is C13H7Cl3FNO2. The lowest BCUT2D eigenvalue weighted by atomic mass is 10.1. The summed E-state index contributed by atoms with van der Waals surface area (Å²) in [5, 5.41) is 0.158. The molecule has 0 saturated heterocycles. The highest BCUT2D eigenvalue weighted by molar-refractivity contribution is 6.36. The van der Waals surface area contributed by atoms with Gasteiger partial charge in [-0.3, -0.25) is 0 Å². The summed E-state index contributed by atoms with van der Waals surface area (Å²) in [6.07, 6.45) is 0. The number of hydrogen-bond donors (Lipinski definition) is 0. The molecule has 7 heteroatoms. The van der Waals surface area contributed by atoms with Crippen molar-refractivity contribution < 1.29 is 13.9 Å². The summed E-state index contributed by atoms with van der Waals surface area (Å²) < 4.78 is 18.1. The first kappa shape index (κ1) is 15.0. The molecule has 0 amide bonds. The minimum atomic E-state index is -0.646. The SMILES string of the molecule is COC(=O)c1cc(Cl)nc(-c2cc(F)c(Cl)cc2Cl)c1. The van der Waals surface area contributed by atoms with E-state index in [9.17, 15) is 9.18 Å². The molecule has 2 rings (SSSR count). The molecule has 1 heterocycles. The average molecular weight is 335 g/mol. The predicted octanol–water partition coefficient (Wildman–Crippen LogP) is 4.63. The van der Waals surface area contributed by atoms with Gasteiger partial charge in [0.1, 0.15) is 11.0 Å². The zero-order chi connectivity index (χ0) is 14.9. The van der Waals surface area contributed by atoms with E-state index in [-0.39, 0.29) is 32.0 Å². The van der Waals surface area contributed by atoms with Gasteiger partial charge in [-0.1, -0.05) is 34.8 Å². The summed E-state index contributed by atoms with van der Waals surface area (Å²) in [5.41, 5.74) is 0.716. The number of hydrogen-bond acceptors (Lipinski definition) is 3. The van der Waals surface area contributed by atoms with Gasteiger partial charge in [-0.2, -0.15) is 0 Å². The highest BCUT2D eigenvalue weighted by atomic mass is 35.5. The maximum absolute atomic E-state index is 13.5. The van der Waals surface area contributed by atoms with Crippen LogP contribution in [0.3, 0.4) is 0 Å². The van der Waals surface area contributed by atoms with Crippen molar-refractivity contribution in [2.45, 2.75) is 0 Å². The minimum absolute atomic E-state index is 0.0642. The van der Waals surface area contributed by atoms with Crippen molar-refractivity contribution in [2.75, 3.05) is 7.11 Å². The van der Waals surface area contributed by atoms with Crippen LogP contribution in [0.15, 0.2) is 24.3 Å². The molecule has 2 aromatic rings. The van der Waals surface area contributed by atoms with Gasteiger partial charge >= 0.3 is 5.97 Å². The van der Waals surface area contributed by atoms with Crippen molar-refractivity contribution in [3.63, 3.8) is 0 Å². The molecule has 1 aromatic carbocycles. The molecule has 0 aliphatic heterocycles. The van der Waals surface area contributed by atoms with E-state index in [0.29, 0.717) is 0 Å². The summed E-state index contributed by atoms with van der Waals surface area (Å²) in [7, 11) is 1.24. The Morgan fingerprint density at radius 1 is 1.15 bits per heavy atom. The van der Waals surface area contributed by atoms with Crippen LogP contribution >= 0.6 is 34.8 Å². The number of ether oxygens (including phenoxy) is 1. The molecule has 1 aromatic heterocycles. The summed E-state index contributed by atoms with van der Waals surface area (Å²) >= 11 is 17.5. The number of rotatable bonds is 2. The second-order valence-corrected chi connectivity index (χ2v) is 5.00. The number of benzene rings is 1. The Morgan fingerprint density at radius 3 is 2.50 bits per heavy atom. The van der Waals surface area contributed by atoms with Gasteiger partial charge in [-0.25, -0.2) is 14.2 Å². The standard InChI is InChI=1S/C13H7Cl3FNO2/c1-20-13(19)6-2-11(18-12(16)3-6)7-4-10(17)9(15)5-8(7)14/h2-5H,1H3. The average Bonchev–Trinajstić information content (AvgIpc) is 2.41. The Bertz CT molecular complexity index is 692. The fourth-order valence-corrected chi connectivity index (χ4v) is 2.28. The van der Waals surface area contributed by atoms with E-state index in [1.807, 2.05) is 0 Å². The molecule has 0 spiro atoms. The summed E-state index contributed by atoms with van der Waals surface area (Å²) in [4.78, 5) is 15.5. The van der Waals surface area contributed by atoms with E-state index >= 15 is 0 Å². The van der Waals surface area contributed by atoms with Gasteiger partial charge in [0.2, 0.25) is 0 Å². The van der Waals surface area contributed by atoms with Crippen molar-refractivity contribution in [3.8, 4) is 11.3 Å². The topological polar surface area (TPSA) is 39.2 Å².